The van der Waals surface area contributed by atoms with Crippen LogP contribution in [0.5, 0.6) is 0 Å². The van der Waals surface area contributed by atoms with Gasteiger partial charge >= 0.3 is 29.6 Å². The SMILES string of the molecule is C=CCc1nccn1C.C=CCc1nccn1C.C=CCc1nccn1C.C=CCc1nccn1C.C=CCc1nccn1C.C=CCc1nccn1C.C=CCc1nccn1C.C=CCc1nccn1C.OB(O)F.OB(O)F.OB(O)F.OB(O)F. The topological polar surface area (TPSA) is 304 Å². The number of imidazole rings is 8. The lowest BCUT2D eigenvalue weighted by atomic mass is 10.3. The Hall–Kier alpha value is -8.74. The first-order valence-corrected chi connectivity index (χ1v) is 26.3. The standard InChI is InChI=1S/8C7H10N2.4BFH2O2/c8*1-3-4-7-8-5-6-9(7)2;4*2-1(3)4/h8*3,5-6H,1,4H2,2H3;4*3-4H. The normalized spacial score (nSPS) is 8.95. The second-order valence-electron chi connectivity index (χ2n) is 16.8. The third kappa shape index (κ3) is 49.5. The second kappa shape index (κ2) is 56.1. The highest BCUT2D eigenvalue weighted by Gasteiger charge is 2.00. The van der Waals surface area contributed by atoms with Crippen LogP contribution in [0.4, 0.5) is 17.3 Å². The zero-order valence-corrected chi connectivity index (χ0v) is 51.7. The molecule has 0 amide bonds. The predicted octanol–water partition coefficient (Wildman–Crippen LogP) is 4.89. The molecule has 88 heavy (non-hydrogen) atoms. The van der Waals surface area contributed by atoms with Crippen LogP contribution in [0.3, 0.4) is 0 Å². The molecule has 0 aromatic carbocycles. The maximum Gasteiger partial charge on any atom is 0.674 e. The van der Waals surface area contributed by atoms with E-state index >= 15 is 0 Å². The molecular formula is C56H88B4F4N16O8. The van der Waals surface area contributed by atoms with Crippen molar-refractivity contribution in [1.82, 2.24) is 76.4 Å². The number of aromatic nitrogens is 16. The van der Waals surface area contributed by atoms with Gasteiger partial charge in [0.1, 0.15) is 46.6 Å². The van der Waals surface area contributed by atoms with Crippen LogP contribution in [0.2, 0.25) is 0 Å². The lowest BCUT2D eigenvalue weighted by Gasteiger charge is -1.93. The van der Waals surface area contributed by atoms with Gasteiger partial charge in [-0.25, -0.2) is 39.9 Å². The van der Waals surface area contributed by atoms with Gasteiger partial charge < -0.3 is 76.7 Å². The number of allylic oxidation sites excluding steroid dienone is 8. The van der Waals surface area contributed by atoms with Crippen LogP contribution < -0.4 is 0 Å². The molecule has 8 rings (SSSR count). The average Bonchev–Trinajstić information content (AvgIpc) is 4.38. The van der Waals surface area contributed by atoms with Crippen molar-refractivity contribution < 1.29 is 57.5 Å². The van der Waals surface area contributed by atoms with Crippen LogP contribution in [-0.4, -0.2) is 146 Å². The first-order valence-electron chi connectivity index (χ1n) is 26.3. The number of aryl methyl sites for hydroxylation is 8. The van der Waals surface area contributed by atoms with Gasteiger partial charge in [-0.15, -0.1) is 52.6 Å². The van der Waals surface area contributed by atoms with E-state index in [-0.39, 0.29) is 0 Å². The van der Waals surface area contributed by atoms with E-state index in [1.165, 1.54) is 0 Å². The molecule has 8 N–H and O–H groups in total. The second-order valence-corrected chi connectivity index (χ2v) is 16.8. The molecule has 0 bridgehead atoms. The average molecular weight is 1230 g/mol. The Morgan fingerprint density at radius 3 is 0.386 bits per heavy atom. The highest BCUT2D eigenvalue weighted by molar-refractivity contribution is 6.32. The van der Waals surface area contributed by atoms with Crippen LogP contribution >= 0.6 is 0 Å². The van der Waals surface area contributed by atoms with E-state index in [1.54, 1.807) is 49.6 Å². The number of nitrogens with zero attached hydrogens (tertiary/aromatic N) is 16. The fourth-order valence-corrected chi connectivity index (χ4v) is 5.78. The van der Waals surface area contributed by atoms with Gasteiger partial charge in [-0.05, 0) is 0 Å². The molecule has 8 aromatic heterocycles. The lowest BCUT2D eigenvalue weighted by molar-refractivity contribution is 0.338. The zero-order valence-electron chi connectivity index (χ0n) is 51.7. The van der Waals surface area contributed by atoms with Crippen molar-refractivity contribution in [1.29, 1.82) is 0 Å². The molecule has 0 saturated carbocycles. The Morgan fingerprint density at radius 2 is 0.341 bits per heavy atom. The molecule has 0 aliphatic rings. The summed E-state index contributed by atoms with van der Waals surface area (Å²) >= 11 is 0. The number of hydrogen-bond acceptors (Lipinski definition) is 16. The minimum atomic E-state index is -2.67. The minimum absolute atomic E-state index is 0.851. The molecule has 0 fully saturated rings. The summed E-state index contributed by atoms with van der Waals surface area (Å²) in [5.41, 5.74) is 0. The summed E-state index contributed by atoms with van der Waals surface area (Å²) in [6, 6.07) is 0. The number of halogens is 4. The molecule has 0 unspecified atom stereocenters. The van der Waals surface area contributed by atoms with Crippen molar-refractivity contribution in [2.24, 2.45) is 56.4 Å². The zero-order chi connectivity index (χ0) is 67.8. The van der Waals surface area contributed by atoms with Crippen LogP contribution in [0.25, 0.3) is 0 Å². The van der Waals surface area contributed by atoms with E-state index in [2.05, 4.69) is 92.5 Å². The molecule has 8 heterocycles. The summed E-state index contributed by atoms with van der Waals surface area (Å²) in [4.78, 5) is 32.8. The molecule has 0 saturated heterocycles. The van der Waals surface area contributed by atoms with Crippen LogP contribution in [0.1, 0.15) is 46.6 Å². The van der Waals surface area contributed by atoms with Gasteiger partial charge in [0, 0.05) is 207 Å². The highest BCUT2D eigenvalue weighted by atomic mass is 19.1. The van der Waals surface area contributed by atoms with Crippen molar-refractivity contribution in [3.63, 3.8) is 0 Å². The maximum atomic E-state index is 10.1. The van der Waals surface area contributed by atoms with E-state index in [4.69, 9.17) is 40.2 Å². The molecule has 0 aliphatic carbocycles. The van der Waals surface area contributed by atoms with Gasteiger partial charge in [0.15, 0.2) is 0 Å². The Kier molecular flexibility index (Phi) is 54.6. The van der Waals surface area contributed by atoms with Gasteiger partial charge in [0.05, 0.1) is 0 Å². The van der Waals surface area contributed by atoms with Crippen molar-refractivity contribution in [2.75, 3.05) is 0 Å². The third-order valence-corrected chi connectivity index (χ3v) is 9.98. The van der Waals surface area contributed by atoms with Crippen molar-refractivity contribution in [2.45, 2.75) is 51.4 Å². The Bertz CT molecular complexity index is 2420. The van der Waals surface area contributed by atoms with Crippen molar-refractivity contribution in [3.05, 3.63) is 247 Å². The molecular weight excluding hydrogens is 1140 g/mol. The fraction of sp³-hybridized carbons (Fsp3) is 0.286. The van der Waals surface area contributed by atoms with E-state index in [1.807, 2.05) is 191 Å². The van der Waals surface area contributed by atoms with Crippen molar-refractivity contribution >= 4 is 29.6 Å². The maximum absolute atomic E-state index is 10.1. The molecule has 0 radical (unpaired) electrons. The van der Waals surface area contributed by atoms with E-state index in [0.29, 0.717) is 0 Å². The summed E-state index contributed by atoms with van der Waals surface area (Å²) in [7, 11) is 5.16. The first kappa shape index (κ1) is 85.7. The van der Waals surface area contributed by atoms with Crippen LogP contribution in [0.15, 0.2) is 200 Å². The summed E-state index contributed by atoms with van der Waals surface area (Å²) in [5.74, 6) is 8.48. The minimum Gasteiger partial charge on any atom is -0.398 e. The number of rotatable bonds is 16. The molecule has 480 valence electrons. The Morgan fingerprint density at radius 1 is 0.261 bits per heavy atom. The molecule has 0 atom stereocenters. The molecule has 0 aliphatic heterocycles. The van der Waals surface area contributed by atoms with Gasteiger partial charge in [0.2, 0.25) is 0 Å². The predicted molar refractivity (Wildman–Crippen MR) is 342 cm³/mol. The van der Waals surface area contributed by atoms with E-state index < -0.39 is 29.6 Å². The summed E-state index contributed by atoms with van der Waals surface area (Å²) in [6.07, 6.45) is 51.4. The van der Waals surface area contributed by atoms with Gasteiger partial charge in [0.25, 0.3) is 0 Å². The summed E-state index contributed by atoms with van der Waals surface area (Å²) in [5, 5.41) is 55.6. The quantitative estimate of drug-likeness (QED) is 0.0363. The fourth-order valence-electron chi connectivity index (χ4n) is 5.78. The van der Waals surface area contributed by atoms with Crippen LogP contribution in [-0.2, 0) is 108 Å². The summed E-state index contributed by atoms with van der Waals surface area (Å²) in [6.45, 7) is 29.0. The van der Waals surface area contributed by atoms with Crippen LogP contribution in [0, 0.1) is 0 Å². The Balaban J connectivity index is -0.000000443. The third-order valence-electron chi connectivity index (χ3n) is 9.98. The lowest BCUT2D eigenvalue weighted by Crippen LogP contribution is -1.98. The molecule has 32 heteroatoms. The summed E-state index contributed by atoms with van der Waals surface area (Å²) < 4.78 is 56.3. The van der Waals surface area contributed by atoms with E-state index in [0.717, 1.165) is 98.0 Å². The highest BCUT2D eigenvalue weighted by Crippen LogP contribution is 1.99. The number of hydrogen-bond donors (Lipinski definition) is 8. The van der Waals surface area contributed by atoms with Crippen molar-refractivity contribution in [3.8, 4) is 0 Å². The largest absolute Gasteiger partial charge is 0.674 e. The molecule has 8 aromatic rings. The van der Waals surface area contributed by atoms with Gasteiger partial charge in [-0.1, -0.05) is 48.6 Å². The Labute approximate surface area is 516 Å². The molecule has 24 nitrogen and oxygen atoms in total. The smallest absolute Gasteiger partial charge is 0.398 e. The molecule has 0 spiro atoms. The monoisotopic (exact) mass is 1230 g/mol. The van der Waals surface area contributed by atoms with Gasteiger partial charge in [-0.3, -0.25) is 17.3 Å². The van der Waals surface area contributed by atoms with Gasteiger partial charge in [-0.2, -0.15) is 0 Å². The first-order chi connectivity index (χ1) is 41.7. The van der Waals surface area contributed by atoms with E-state index in [9.17, 15) is 17.3 Å².